The Hall–Kier alpha value is -2.22. The number of nitrogens with one attached hydrogen (secondary N) is 1. The van der Waals surface area contributed by atoms with Gasteiger partial charge in [-0.2, -0.15) is 5.10 Å². The zero-order chi connectivity index (χ0) is 18.3. The van der Waals surface area contributed by atoms with Crippen LogP contribution in [0.4, 0.5) is 4.39 Å². The molecule has 150 valence electrons. The first-order valence-corrected chi connectivity index (χ1v) is 8.61. The van der Waals surface area contributed by atoms with Gasteiger partial charge < -0.3 is 10.2 Å². The number of aromatic nitrogens is 3. The van der Waals surface area contributed by atoms with E-state index in [0.717, 1.165) is 16.6 Å². The smallest absolute Gasteiger partial charge is 0.255 e. The summed E-state index contributed by atoms with van der Waals surface area (Å²) >= 11 is 0. The van der Waals surface area contributed by atoms with Gasteiger partial charge in [0.25, 0.3) is 5.91 Å². The number of carbonyl (C=O) groups is 1. The van der Waals surface area contributed by atoms with E-state index in [2.05, 4.69) is 15.4 Å². The second kappa shape index (κ2) is 8.86. The maximum Gasteiger partial charge on any atom is 0.255 e. The van der Waals surface area contributed by atoms with Crippen LogP contribution < -0.4 is 5.32 Å². The largest absolute Gasteiger partial charge is 0.329 e. The van der Waals surface area contributed by atoms with Gasteiger partial charge in [-0.05, 0) is 30.7 Å². The lowest BCUT2D eigenvalue weighted by Gasteiger charge is -2.36. The van der Waals surface area contributed by atoms with Crippen LogP contribution in [0.1, 0.15) is 27.7 Å². The molecule has 0 spiro atoms. The number of piperazine rings is 1. The van der Waals surface area contributed by atoms with E-state index in [1.54, 1.807) is 23.0 Å². The molecule has 0 bridgehead atoms. The fourth-order valence-electron chi connectivity index (χ4n) is 3.53. The number of hydrogen-bond donors (Lipinski definition) is 1. The fraction of sp³-hybridized carbons (Fsp3) is 0.316. The summed E-state index contributed by atoms with van der Waals surface area (Å²) in [5.74, 6) is -0.376. The van der Waals surface area contributed by atoms with Crippen molar-refractivity contribution in [1.82, 2.24) is 25.0 Å². The van der Waals surface area contributed by atoms with Gasteiger partial charge in [0, 0.05) is 32.4 Å². The maximum atomic E-state index is 13.7. The van der Waals surface area contributed by atoms with Gasteiger partial charge in [0.1, 0.15) is 5.82 Å². The van der Waals surface area contributed by atoms with E-state index in [-0.39, 0.29) is 42.6 Å². The quantitative estimate of drug-likeness (QED) is 0.685. The van der Waals surface area contributed by atoms with Crippen LogP contribution in [-0.2, 0) is 7.05 Å². The summed E-state index contributed by atoms with van der Waals surface area (Å²) in [6, 6.07) is 8.03. The Morgan fingerprint density at radius 1 is 1.29 bits per heavy atom. The molecule has 3 aromatic rings. The third-order valence-corrected chi connectivity index (χ3v) is 4.80. The Morgan fingerprint density at radius 3 is 2.82 bits per heavy atom. The predicted octanol–water partition coefficient (Wildman–Crippen LogP) is 3.05. The van der Waals surface area contributed by atoms with Crippen molar-refractivity contribution >= 4 is 41.8 Å². The number of rotatable bonds is 2. The van der Waals surface area contributed by atoms with Gasteiger partial charge in [-0.1, -0.05) is 12.1 Å². The van der Waals surface area contributed by atoms with Crippen molar-refractivity contribution < 1.29 is 9.18 Å². The number of carbonyl (C=O) groups excluding carboxylic acids is 1. The third kappa shape index (κ3) is 3.97. The second-order valence-corrected chi connectivity index (χ2v) is 6.59. The molecule has 1 aliphatic rings. The molecular weight excluding hydrogens is 404 g/mol. The van der Waals surface area contributed by atoms with Crippen LogP contribution >= 0.6 is 24.8 Å². The SMILES string of the molecule is Cc1cc(C(=O)N2CCNCC2c2cccc(F)c2)c2cnn(C)c2n1.Cl.Cl. The number of pyridine rings is 1. The Kier molecular flexibility index (Phi) is 6.98. The topological polar surface area (TPSA) is 63.1 Å². The van der Waals surface area contributed by atoms with E-state index in [9.17, 15) is 9.18 Å². The molecule has 0 saturated carbocycles. The predicted molar refractivity (Wildman–Crippen MR) is 111 cm³/mol. The van der Waals surface area contributed by atoms with Gasteiger partial charge in [-0.25, -0.2) is 9.37 Å². The van der Waals surface area contributed by atoms with Crippen molar-refractivity contribution in [3.63, 3.8) is 0 Å². The lowest BCUT2D eigenvalue weighted by molar-refractivity contribution is 0.0636. The highest BCUT2D eigenvalue weighted by atomic mass is 35.5. The number of fused-ring (bicyclic) bond motifs is 1. The summed E-state index contributed by atoms with van der Waals surface area (Å²) in [5, 5.41) is 8.27. The number of hydrogen-bond acceptors (Lipinski definition) is 4. The van der Waals surface area contributed by atoms with Crippen LogP contribution in [-0.4, -0.2) is 45.2 Å². The normalized spacial score (nSPS) is 16.4. The number of nitrogens with zero attached hydrogens (tertiary/aromatic N) is 4. The van der Waals surface area contributed by atoms with Crippen molar-refractivity contribution in [3.05, 3.63) is 59.2 Å². The monoisotopic (exact) mass is 425 g/mol. The highest BCUT2D eigenvalue weighted by Crippen LogP contribution is 2.27. The molecule has 9 heteroatoms. The Balaban J connectivity index is 0.00000140. The summed E-state index contributed by atoms with van der Waals surface area (Å²) in [4.78, 5) is 19.7. The van der Waals surface area contributed by atoms with Crippen LogP contribution in [0.2, 0.25) is 0 Å². The molecule has 1 fully saturated rings. The van der Waals surface area contributed by atoms with E-state index in [0.29, 0.717) is 30.8 Å². The average Bonchev–Trinajstić information content (AvgIpc) is 3.01. The van der Waals surface area contributed by atoms with Crippen molar-refractivity contribution in [3.8, 4) is 0 Å². The number of benzene rings is 1. The van der Waals surface area contributed by atoms with Crippen molar-refractivity contribution in [2.75, 3.05) is 19.6 Å². The fourth-order valence-corrected chi connectivity index (χ4v) is 3.53. The molecule has 1 aliphatic heterocycles. The minimum Gasteiger partial charge on any atom is -0.329 e. The standard InChI is InChI=1S/C19H20FN5O.2ClH/c1-12-8-15(16-10-22-24(2)18(16)23-12)19(26)25-7-6-21-11-17(25)13-4-3-5-14(20)9-13;;/h3-5,8-10,17,21H,6-7,11H2,1-2H3;2*1H. The van der Waals surface area contributed by atoms with Gasteiger partial charge in [0.15, 0.2) is 5.65 Å². The Labute approximate surface area is 174 Å². The van der Waals surface area contributed by atoms with E-state index in [4.69, 9.17) is 0 Å². The third-order valence-electron chi connectivity index (χ3n) is 4.80. The average molecular weight is 426 g/mol. The molecule has 3 heterocycles. The lowest BCUT2D eigenvalue weighted by atomic mass is 10.0. The van der Waals surface area contributed by atoms with Crippen LogP contribution in [0.5, 0.6) is 0 Å². The number of aryl methyl sites for hydroxylation is 2. The highest BCUT2D eigenvalue weighted by Gasteiger charge is 2.30. The Morgan fingerprint density at radius 2 is 2.07 bits per heavy atom. The molecule has 1 N–H and O–H groups in total. The molecule has 6 nitrogen and oxygen atoms in total. The van der Waals surface area contributed by atoms with Gasteiger partial charge >= 0.3 is 0 Å². The molecule has 1 aromatic carbocycles. The number of amides is 1. The van der Waals surface area contributed by atoms with Gasteiger partial charge in [-0.3, -0.25) is 9.48 Å². The first-order chi connectivity index (χ1) is 12.5. The van der Waals surface area contributed by atoms with E-state index < -0.39 is 0 Å². The summed E-state index contributed by atoms with van der Waals surface area (Å²) < 4.78 is 15.4. The van der Waals surface area contributed by atoms with Gasteiger partial charge in [0.2, 0.25) is 0 Å². The summed E-state index contributed by atoms with van der Waals surface area (Å²) in [5.41, 5.74) is 2.83. The molecule has 28 heavy (non-hydrogen) atoms. The summed E-state index contributed by atoms with van der Waals surface area (Å²) in [6.45, 7) is 3.72. The second-order valence-electron chi connectivity index (χ2n) is 6.59. The summed E-state index contributed by atoms with van der Waals surface area (Å²) in [6.07, 6.45) is 1.67. The van der Waals surface area contributed by atoms with E-state index in [1.165, 1.54) is 12.1 Å². The molecule has 1 amide bonds. The van der Waals surface area contributed by atoms with Crippen LogP contribution in [0.15, 0.2) is 36.5 Å². The molecule has 1 atom stereocenters. The molecule has 1 unspecified atom stereocenters. The highest BCUT2D eigenvalue weighted by molar-refractivity contribution is 6.05. The molecule has 4 rings (SSSR count). The van der Waals surface area contributed by atoms with E-state index in [1.807, 2.05) is 24.9 Å². The lowest BCUT2D eigenvalue weighted by Crippen LogP contribution is -2.48. The first kappa shape index (κ1) is 22.1. The van der Waals surface area contributed by atoms with Crippen LogP contribution in [0.3, 0.4) is 0 Å². The van der Waals surface area contributed by atoms with Crippen LogP contribution in [0.25, 0.3) is 11.0 Å². The molecule has 0 radical (unpaired) electrons. The molecule has 2 aromatic heterocycles. The Bertz CT molecular complexity index is 994. The number of halogens is 3. The first-order valence-electron chi connectivity index (χ1n) is 8.61. The zero-order valence-electron chi connectivity index (χ0n) is 15.6. The molecule has 0 aliphatic carbocycles. The summed E-state index contributed by atoms with van der Waals surface area (Å²) in [7, 11) is 1.81. The van der Waals surface area contributed by atoms with E-state index >= 15 is 0 Å². The minimum atomic E-state index is -0.296. The van der Waals surface area contributed by atoms with Crippen molar-refractivity contribution in [2.45, 2.75) is 13.0 Å². The minimum absolute atomic E-state index is 0. The maximum absolute atomic E-state index is 13.7. The van der Waals surface area contributed by atoms with Gasteiger partial charge in [0.05, 0.1) is 23.2 Å². The van der Waals surface area contributed by atoms with Crippen LogP contribution in [0, 0.1) is 12.7 Å². The van der Waals surface area contributed by atoms with Crippen molar-refractivity contribution in [1.29, 1.82) is 0 Å². The molecule has 1 saturated heterocycles. The van der Waals surface area contributed by atoms with Crippen molar-refractivity contribution in [2.24, 2.45) is 7.05 Å². The zero-order valence-corrected chi connectivity index (χ0v) is 17.2. The molecular formula is C19H22Cl2FN5O. The van der Waals surface area contributed by atoms with Gasteiger partial charge in [-0.15, -0.1) is 24.8 Å².